The summed E-state index contributed by atoms with van der Waals surface area (Å²) in [6, 6.07) is 1.70. The van der Waals surface area contributed by atoms with Gasteiger partial charge in [-0.1, -0.05) is 0 Å². The minimum atomic E-state index is -4.61. The van der Waals surface area contributed by atoms with Crippen molar-refractivity contribution in [2.24, 2.45) is 0 Å². The third-order valence-electron chi connectivity index (χ3n) is 2.31. The molecule has 0 spiro atoms. The number of ether oxygens (including phenoxy) is 2. The summed E-state index contributed by atoms with van der Waals surface area (Å²) in [5, 5.41) is 2.29. The highest BCUT2D eigenvalue weighted by atomic mass is 19.4. The smallest absolute Gasteiger partial charge is 0.420 e. The summed E-state index contributed by atoms with van der Waals surface area (Å²) in [5.41, 5.74) is 3.51. The van der Waals surface area contributed by atoms with E-state index >= 15 is 0 Å². The topological polar surface area (TPSA) is 73.6 Å². The molecule has 0 aromatic heterocycles. The molecule has 0 heterocycles. The van der Waals surface area contributed by atoms with Crippen LogP contribution in [-0.4, -0.2) is 18.8 Å². The number of carbonyl (C=O) groups is 1. The number of anilines is 2. The number of carbonyl (C=O) groups excluding carboxylic acids is 1. The average Bonchev–Trinajstić information content (AvgIpc) is 2.27. The van der Waals surface area contributed by atoms with Crippen LogP contribution in [0.1, 0.15) is 26.3 Å². The Bertz CT molecular complexity index is 537. The van der Waals surface area contributed by atoms with E-state index in [9.17, 15) is 18.0 Å². The van der Waals surface area contributed by atoms with Crippen molar-refractivity contribution in [3.63, 3.8) is 0 Å². The molecule has 5 nitrogen and oxygen atoms in total. The SMILES string of the molecule is COc1cc(NC(=O)OC(C)(C)C)c(N)cc1C(F)(F)F. The summed E-state index contributed by atoms with van der Waals surface area (Å²) < 4.78 is 48.0. The van der Waals surface area contributed by atoms with Crippen LogP contribution in [0.5, 0.6) is 5.75 Å². The molecule has 118 valence electrons. The summed E-state index contributed by atoms with van der Waals surface area (Å²) in [4.78, 5) is 11.6. The maximum absolute atomic E-state index is 12.8. The van der Waals surface area contributed by atoms with Gasteiger partial charge in [0.05, 0.1) is 24.0 Å². The molecule has 0 aliphatic heterocycles. The number of nitrogens with one attached hydrogen (secondary N) is 1. The minimum absolute atomic E-state index is 0.0194. The molecular formula is C13H17F3N2O3. The molecule has 8 heteroatoms. The molecule has 0 saturated heterocycles. The van der Waals surface area contributed by atoms with Gasteiger partial charge in [0.25, 0.3) is 0 Å². The predicted octanol–water partition coefficient (Wildman–Crippen LogP) is 3.64. The lowest BCUT2D eigenvalue weighted by Gasteiger charge is -2.21. The summed E-state index contributed by atoms with van der Waals surface area (Å²) in [5.74, 6) is -0.442. The molecule has 1 rings (SSSR count). The van der Waals surface area contributed by atoms with E-state index in [1.807, 2.05) is 0 Å². The number of alkyl halides is 3. The highest BCUT2D eigenvalue weighted by molar-refractivity contribution is 5.90. The van der Waals surface area contributed by atoms with Crippen LogP contribution in [-0.2, 0) is 10.9 Å². The zero-order chi connectivity index (χ0) is 16.4. The molecule has 1 aromatic rings. The Morgan fingerprint density at radius 1 is 1.24 bits per heavy atom. The van der Waals surface area contributed by atoms with E-state index in [0.29, 0.717) is 6.07 Å². The molecule has 0 radical (unpaired) electrons. The van der Waals surface area contributed by atoms with Crippen molar-refractivity contribution in [3.8, 4) is 5.75 Å². The van der Waals surface area contributed by atoms with Crippen LogP contribution in [0, 0.1) is 0 Å². The summed E-state index contributed by atoms with van der Waals surface area (Å²) >= 11 is 0. The Balaban J connectivity index is 3.08. The first-order valence-electron chi connectivity index (χ1n) is 5.99. The van der Waals surface area contributed by atoms with Crippen LogP contribution in [0.2, 0.25) is 0 Å². The van der Waals surface area contributed by atoms with Crippen LogP contribution < -0.4 is 15.8 Å². The molecule has 0 bridgehead atoms. The van der Waals surface area contributed by atoms with Crippen LogP contribution in [0.3, 0.4) is 0 Å². The van der Waals surface area contributed by atoms with Crippen LogP contribution in [0.25, 0.3) is 0 Å². The molecule has 3 N–H and O–H groups in total. The fourth-order valence-corrected chi connectivity index (χ4v) is 1.51. The highest BCUT2D eigenvalue weighted by Crippen LogP contribution is 2.40. The first kappa shape index (κ1) is 16.9. The number of methoxy groups -OCH3 is 1. The lowest BCUT2D eigenvalue weighted by Crippen LogP contribution is -2.27. The van der Waals surface area contributed by atoms with Crippen molar-refractivity contribution in [1.29, 1.82) is 0 Å². The van der Waals surface area contributed by atoms with Crippen molar-refractivity contribution in [1.82, 2.24) is 0 Å². The number of hydrogen-bond donors (Lipinski definition) is 2. The minimum Gasteiger partial charge on any atom is -0.496 e. The van der Waals surface area contributed by atoms with Gasteiger partial charge in [-0.05, 0) is 26.8 Å². The van der Waals surface area contributed by atoms with Gasteiger partial charge in [0.2, 0.25) is 0 Å². The summed E-state index contributed by atoms with van der Waals surface area (Å²) in [6.07, 6.45) is -5.43. The van der Waals surface area contributed by atoms with Gasteiger partial charge in [-0.2, -0.15) is 13.2 Å². The second-order valence-electron chi connectivity index (χ2n) is 5.26. The average molecular weight is 306 g/mol. The molecular weight excluding hydrogens is 289 g/mol. The molecule has 0 aliphatic rings. The molecule has 0 atom stereocenters. The number of hydrogen-bond acceptors (Lipinski definition) is 4. The largest absolute Gasteiger partial charge is 0.496 e. The van der Waals surface area contributed by atoms with Gasteiger partial charge >= 0.3 is 12.3 Å². The summed E-state index contributed by atoms with van der Waals surface area (Å²) in [7, 11) is 1.10. The summed E-state index contributed by atoms with van der Waals surface area (Å²) in [6.45, 7) is 4.97. The molecule has 21 heavy (non-hydrogen) atoms. The van der Waals surface area contributed by atoms with Crippen molar-refractivity contribution < 1.29 is 27.4 Å². The van der Waals surface area contributed by atoms with Gasteiger partial charge in [0, 0.05) is 6.07 Å². The number of rotatable bonds is 2. The Hall–Kier alpha value is -2.12. The zero-order valence-electron chi connectivity index (χ0n) is 12.1. The van der Waals surface area contributed by atoms with E-state index in [4.69, 9.17) is 10.5 Å². The Morgan fingerprint density at radius 2 is 1.81 bits per heavy atom. The second kappa shape index (κ2) is 5.71. The third-order valence-corrected chi connectivity index (χ3v) is 2.31. The van der Waals surface area contributed by atoms with E-state index in [1.165, 1.54) is 0 Å². The number of nitrogen functional groups attached to an aromatic ring is 1. The Labute approximate surface area is 120 Å². The van der Waals surface area contributed by atoms with Gasteiger partial charge in [-0.25, -0.2) is 4.79 Å². The van der Waals surface area contributed by atoms with E-state index in [-0.39, 0.29) is 11.4 Å². The van der Waals surface area contributed by atoms with Gasteiger partial charge in [0.15, 0.2) is 0 Å². The van der Waals surface area contributed by atoms with Crippen LogP contribution >= 0.6 is 0 Å². The van der Waals surface area contributed by atoms with Gasteiger partial charge in [-0.3, -0.25) is 5.32 Å². The van der Waals surface area contributed by atoms with Gasteiger partial charge < -0.3 is 15.2 Å². The maximum atomic E-state index is 12.8. The monoisotopic (exact) mass is 306 g/mol. The fourth-order valence-electron chi connectivity index (χ4n) is 1.51. The van der Waals surface area contributed by atoms with Crippen molar-refractivity contribution in [3.05, 3.63) is 17.7 Å². The number of benzene rings is 1. The normalized spacial score (nSPS) is 12.0. The van der Waals surface area contributed by atoms with Crippen LogP contribution in [0.15, 0.2) is 12.1 Å². The quantitative estimate of drug-likeness (QED) is 0.818. The van der Waals surface area contributed by atoms with E-state index in [1.54, 1.807) is 20.8 Å². The third kappa shape index (κ3) is 4.73. The molecule has 0 aliphatic carbocycles. The maximum Gasteiger partial charge on any atom is 0.420 e. The van der Waals surface area contributed by atoms with E-state index < -0.39 is 29.2 Å². The lowest BCUT2D eigenvalue weighted by molar-refractivity contribution is -0.138. The Morgan fingerprint density at radius 3 is 2.24 bits per heavy atom. The number of halogens is 3. The van der Waals surface area contributed by atoms with Crippen molar-refractivity contribution >= 4 is 17.5 Å². The first-order valence-corrected chi connectivity index (χ1v) is 5.99. The Kier molecular flexibility index (Phi) is 4.60. The molecule has 0 saturated carbocycles. The standard InChI is InChI=1S/C13H17F3N2O3/c1-12(2,3)21-11(19)18-9-6-10(20-4)7(5-8(9)17)13(14,15)16/h5-6H,17H2,1-4H3,(H,18,19). The molecule has 0 unspecified atom stereocenters. The van der Waals surface area contributed by atoms with Crippen LogP contribution in [0.4, 0.5) is 29.3 Å². The van der Waals surface area contributed by atoms with E-state index in [2.05, 4.69) is 10.1 Å². The highest BCUT2D eigenvalue weighted by Gasteiger charge is 2.35. The molecule has 1 aromatic carbocycles. The second-order valence-corrected chi connectivity index (χ2v) is 5.26. The zero-order valence-corrected chi connectivity index (χ0v) is 12.1. The lowest BCUT2D eigenvalue weighted by atomic mass is 10.1. The number of amides is 1. The van der Waals surface area contributed by atoms with Gasteiger partial charge in [-0.15, -0.1) is 0 Å². The van der Waals surface area contributed by atoms with Crippen molar-refractivity contribution in [2.75, 3.05) is 18.2 Å². The first-order chi connectivity index (χ1) is 9.44. The number of nitrogens with two attached hydrogens (primary N) is 1. The van der Waals surface area contributed by atoms with Gasteiger partial charge in [0.1, 0.15) is 11.4 Å². The molecule has 0 fully saturated rings. The van der Waals surface area contributed by atoms with Crippen molar-refractivity contribution in [2.45, 2.75) is 32.5 Å². The van der Waals surface area contributed by atoms with E-state index in [0.717, 1.165) is 13.2 Å². The predicted molar refractivity (Wildman–Crippen MR) is 72.3 cm³/mol. The molecule has 1 amide bonds. The fraction of sp³-hybridized carbons (Fsp3) is 0.462.